The van der Waals surface area contributed by atoms with Crippen molar-refractivity contribution >= 4 is 23.4 Å². The molecule has 0 radical (unpaired) electrons. The van der Waals surface area contributed by atoms with Crippen molar-refractivity contribution in [2.45, 2.75) is 11.3 Å². The summed E-state index contributed by atoms with van der Waals surface area (Å²) < 4.78 is 63.3. The van der Waals surface area contributed by atoms with Gasteiger partial charge in [-0.3, -0.25) is 4.79 Å². The molecule has 0 atom stereocenters. The molecule has 168 valence electrons. The Kier molecular flexibility index (Phi) is 7.18. The number of nitrogens with one attached hydrogen (secondary N) is 1. The Morgan fingerprint density at radius 3 is 2.31 bits per heavy atom. The van der Waals surface area contributed by atoms with Crippen molar-refractivity contribution in [1.82, 2.24) is 9.97 Å². The van der Waals surface area contributed by atoms with Crippen molar-refractivity contribution in [1.29, 1.82) is 0 Å². The zero-order valence-corrected chi connectivity index (χ0v) is 17.7. The smallest absolute Gasteiger partial charge is 0.433 e. The minimum Gasteiger partial charge on any atom is -0.493 e. The number of thioether (sulfide) groups is 1. The number of carbonyl (C=O) groups excluding carboxylic acids is 1. The quantitative estimate of drug-likeness (QED) is 0.298. The second-order valence-electron chi connectivity index (χ2n) is 6.33. The first-order valence-electron chi connectivity index (χ1n) is 9.06. The maximum Gasteiger partial charge on any atom is 0.433 e. The number of ether oxygens (including phenoxy) is 2. The lowest BCUT2D eigenvalue weighted by molar-refractivity contribution is -0.141. The Morgan fingerprint density at radius 2 is 1.69 bits per heavy atom. The number of rotatable bonds is 7. The Labute approximate surface area is 185 Å². The molecule has 1 amide bonds. The first kappa shape index (κ1) is 23.3. The summed E-state index contributed by atoms with van der Waals surface area (Å²) in [6.07, 6.45) is -4.71. The first-order valence-corrected chi connectivity index (χ1v) is 10.0. The predicted molar refractivity (Wildman–Crippen MR) is 111 cm³/mol. The van der Waals surface area contributed by atoms with Gasteiger partial charge in [0.05, 0.1) is 25.7 Å². The number of amides is 1. The molecule has 0 fully saturated rings. The van der Waals surface area contributed by atoms with Gasteiger partial charge in [0.25, 0.3) is 0 Å². The molecule has 1 aromatic heterocycles. The fourth-order valence-electron chi connectivity index (χ4n) is 2.64. The number of benzene rings is 2. The number of alkyl halides is 3. The Balaban J connectivity index is 1.77. The van der Waals surface area contributed by atoms with Crippen LogP contribution in [-0.4, -0.2) is 35.8 Å². The van der Waals surface area contributed by atoms with E-state index < -0.39 is 23.6 Å². The molecule has 0 spiro atoms. The fraction of sp³-hybridized carbons (Fsp3) is 0.190. The lowest BCUT2D eigenvalue weighted by Gasteiger charge is -2.11. The topological polar surface area (TPSA) is 73.3 Å². The summed E-state index contributed by atoms with van der Waals surface area (Å²) >= 11 is 0.743. The molecule has 2 aromatic carbocycles. The van der Waals surface area contributed by atoms with Crippen LogP contribution in [0.2, 0.25) is 0 Å². The number of aromatic nitrogens is 2. The molecule has 0 bridgehead atoms. The van der Waals surface area contributed by atoms with Crippen LogP contribution < -0.4 is 14.8 Å². The van der Waals surface area contributed by atoms with Gasteiger partial charge in [-0.15, -0.1) is 0 Å². The minimum atomic E-state index is -4.71. The van der Waals surface area contributed by atoms with Gasteiger partial charge in [-0.25, -0.2) is 14.4 Å². The van der Waals surface area contributed by atoms with Crippen LogP contribution in [0.15, 0.2) is 53.7 Å². The molecule has 3 rings (SSSR count). The van der Waals surface area contributed by atoms with E-state index in [0.717, 1.165) is 30.0 Å². The lowest BCUT2D eigenvalue weighted by Crippen LogP contribution is -2.15. The van der Waals surface area contributed by atoms with Crippen LogP contribution in [-0.2, 0) is 11.0 Å². The summed E-state index contributed by atoms with van der Waals surface area (Å²) in [5.41, 5.74) is -0.481. The van der Waals surface area contributed by atoms with Crippen LogP contribution in [0.25, 0.3) is 11.3 Å². The van der Waals surface area contributed by atoms with Crippen molar-refractivity contribution in [3.8, 4) is 22.8 Å². The van der Waals surface area contributed by atoms with Crippen LogP contribution in [0.3, 0.4) is 0 Å². The van der Waals surface area contributed by atoms with Crippen LogP contribution in [0.1, 0.15) is 5.69 Å². The third kappa shape index (κ3) is 5.88. The Morgan fingerprint density at radius 1 is 1.00 bits per heavy atom. The van der Waals surface area contributed by atoms with E-state index in [9.17, 15) is 22.4 Å². The van der Waals surface area contributed by atoms with Crippen LogP contribution >= 0.6 is 11.8 Å². The zero-order valence-electron chi connectivity index (χ0n) is 16.9. The van der Waals surface area contributed by atoms with E-state index in [-0.39, 0.29) is 22.2 Å². The van der Waals surface area contributed by atoms with E-state index in [0.29, 0.717) is 17.2 Å². The Hall–Kier alpha value is -3.34. The Bertz CT molecular complexity index is 1110. The number of hydrogen-bond donors (Lipinski definition) is 1. The van der Waals surface area contributed by atoms with Gasteiger partial charge in [-0.05, 0) is 42.5 Å². The lowest BCUT2D eigenvalue weighted by atomic mass is 10.1. The van der Waals surface area contributed by atoms with Crippen molar-refractivity contribution in [2.75, 3.05) is 25.3 Å². The van der Waals surface area contributed by atoms with E-state index in [2.05, 4.69) is 15.3 Å². The average Bonchev–Trinajstić information content (AvgIpc) is 2.77. The molecule has 0 unspecified atom stereocenters. The summed E-state index contributed by atoms with van der Waals surface area (Å²) in [6.45, 7) is 0. The highest BCUT2D eigenvalue weighted by Crippen LogP contribution is 2.32. The van der Waals surface area contributed by atoms with Gasteiger partial charge >= 0.3 is 6.18 Å². The third-order valence-corrected chi connectivity index (χ3v) is 4.98. The normalized spacial score (nSPS) is 11.2. The van der Waals surface area contributed by atoms with E-state index in [1.165, 1.54) is 26.4 Å². The van der Waals surface area contributed by atoms with E-state index in [4.69, 9.17) is 9.47 Å². The standard InChI is InChI=1S/C21H17F4N3O3S/c1-30-16-8-7-14(9-17(16)31-2)26-19(29)11-32-20-27-15(10-18(28-20)21(23,24)25)12-3-5-13(22)6-4-12/h3-10H,11H2,1-2H3,(H,26,29). The number of methoxy groups -OCH3 is 2. The molecular weight excluding hydrogens is 450 g/mol. The first-order chi connectivity index (χ1) is 15.2. The number of anilines is 1. The van der Waals surface area contributed by atoms with Gasteiger partial charge in [-0.1, -0.05) is 11.8 Å². The summed E-state index contributed by atoms with van der Waals surface area (Å²) in [6, 6.07) is 10.4. The zero-order chi connectivity index (χ0) is 23.3. The summed E-state index contributed by atoms with van der Waals surface area (Å²) in [5, 5.41) is 2.39. The summed E-state index contributed by atoms with van der Waals surface area (Å²) in [7, 11) is 2.92. The van der Waals surface area contributed by atoms with Gasteiger partial charge < -0.3 is 14.8 Å². The van der Waals surface area contributed by atoms with Crippen molar-refractivity contribution in [2.24, 2.45) is 0 Å². The molecule has 0 saturated heterocycles. The molecule has 3 aromatic rings. The largest absolute Gasteiger partial charge is 0.493 e. The van der Waals surface area contributed by atoms with Crippen LogP contribution in [0.5, 0.6) is 11.5 Å². The molecule has 32 heavy (non-hydrogen) atoms. The van der Waals surface area contributed by atoms with Gasteiger partial charge in [0.2, 0.25) is 5.91 Å². The van der Waals surface area contributed by atoms with E-state index in [1.807, 2.05) is 0 Å². The fourth-order valence-corrected chi connectivity index (χ4v) is 3.30. The highest BCUT2D eigenvalue weighted by molar-refractivity contribution is 7.99. The van der Waals surface area contributed by atoms with Gasteiger partial charge in [0.1, 0.15) is 11.5 Å². The molecule has 0 aliphatic carbocycles. The molecule has 11 heteroatoms. The van der Waals surface area contributed by atoms with Crippen LogP contribution in [0, 0.1) is 5.82 Å². The minimum absolute atomic E-state index is 0.0323. The SMILES string of the molecule is COc1ccc(NC(=O)CSc2nc(-c3ccc(F)cc3)cc(C(F)(F)F)n2)cc1OC. The van der Waals surface area contributed by atoms with Crippen molar-refractivity contribution in [3.05, 3.63) is 60.0 Å². The molecule has 6 nitrogen and oxygen atoms in total. The highest BCUT2D eigenvalue weighted by atomic mass is 32.2. The second-order valence-corrected chi connectivity index (χ2v) is 7.27. The molecular formula is C21H17F4N3O3S. The molecule has 0 saturated carbocycles. The van der Waals surface area contributed by atoms with E-state index in [1.54, 1.807) is 18.2 Å². The number of nitrogens with zero attached hydrogens (tertiary/aromatic N) is 2. The molecule has 1 heterocycles. The molecule has 1 N–H and O–H groups in total. The van der Waals surface area contributed by atoms with Crippen molar-refractivity contribution < 1.29 is 31.8 Å². The monoisotopic (exact) mass is 467 g/mol. The molecule has 0 aliphatic heterocycles. The highest BCUT2D eigenvalue weighted by Gasteiger charge is 2.34. The predicted octanol–water partition coefficient (Wildman–Crippen LogP) is 5.05. The number of hydrogen-bond acceptors (Lipinski definition) is 6. The molecule has 0 aliphatic rings. The van der Waals surface area contributed by atoms with Gasteiger partial charge in [0, 0.05) is 17.3 Å². The summed E-state index contributed by atoms with van der Waals surface area (Å²) in [5.74, 6) is -0.362. The third-order valence-electron chi connectivity index (χ3n) is 4.14. The van der Waals surface area contributed by atoms with Crippen molar-refractivity contribution in [3.63, 3.8) is 0 Å². The number of halogens is 4. The van der Waals surface area contributed by atoms with Crippen LogP contribution in [0.4, 0.5) is 23.2 Å². The average molecular weight is 467 g/mol. The maximum atomic E-state index is 13.3. The van der Waals surface area contributed by atoms with Gasteiger partial charge in [-0.2, -0.15) is 13.2 Å². The van der Waals surface area contributed by atoms with E-state index >= 15 is 0 Å². The summed E-state index contributed by atoms with van der Waals surface area (Å²) in [4.78, 5) is 19.9. The second kappa shape index (κ2) is 9.86. The van der Waals surface area contributed by atoms with Gasteiger partial charge in [0.15, 0.2) is 16.7 Å². The number of carbonyl (C=O) groups is 1. The maximum absolute atomic E-state index is 13.3.